The second-order valence-corrected chi connectivity index (χ2v) is 5.74. The quantitative estimate of drug-likeness (QED) is 0.460. The number of ketones is 1. The number of urea groups is 1. The number of benzene rings is 1. The summed E-state index contributed by atoms with van der Waals surface area (Å²) < 4.78 is 6.43. The van der Waals surface area contributed by atoms with Gasteiger partial charge in [0.2, 0.25) is 0 Å². The monoisotopic (exact) mass is 372 g/mol. The summed E-state index contributed by atoms with van der Waals surface area (Å²) in [5, 5.41) is 8.47. The van der Waals surface area contributed by atoms with Crippen molar-refractivity contribution in [2.45, 2.75) is 26.9 Å². The van der Waals surface area contributed by atoms with Gasteiger partial charge in [0.25, 0.3) is 11.7 Å². The number of nitrogens with one attached hydrogen (secondary N) is 2. The molecule has 1 unspecified atom stereocenters. The van der Waals surface area contributed by atoms with Gasteiger partial charge >= 0.3 is 12.0 Å². The summed E-state index contributed by atoms with van der Waals surface area (Å²) in [4.78, 5) is 47.6. The average Bonchev–Trinajstić information content (AvgIpc) is 2.95. The number of amides is 3. The molecule has 0 saturated carbocycles. The Hall–Kier alpha value is -3.49. The molecule has 1 aromatic carbocycles. The van der Waals surface area contributed by atoms with Crippen molar-refractivity contribution in [2.24, 2.45) is 0 Å². The number of esters is 1. The maximum absolute atomic E-state index is 12.5. The van der Waals surface area contributed by atoms with E-state index >= 15 is 0 Å². The molecule has 0 radical (unpaired) electrons. The van der Waals surface area contributed by atoms with Crippen LogP contribution in [0.25, 0.3) is 5.69 Å². The van der Waals surface area contributed by atoms with Crippen LogP contribution in [0.5, 0.6) is 0 Å². The highest BCUT2D eigenvalue weighted by atomic mass is 16.6. The molecule has 1 atom stereocenters. The van der Waals surface area contributed by atoms with E-state index in [4.69, 9.17) is 4.74 Å². The third kappa shape index (κ3) is 4.38. The minimum absolute atomic E-state index is 0.114. The molecular weight excluding hydrogens is 352 g/mol. The molecule has 3 amide bonds. The van der Waals surface area contributed by atoms with Gasteiger partial charge in [-0.2, -0.15) is 5.10 Å². The Bertz CT molecular complexity index is 889. The van der Waals surface area contributed by atoms with Crippen LogP contribution in [0.15, 0.2) is 30.3 Å². The lowest BCUT2D eigenvalue weighted by Crippen LogP contribution is -2.44. The van der Waals surface area contributed by atoms with Crippen molar-refractivity contribution < 1.29 is 23.9 Å². The molecule has 0 saturated heterocycles. The highest BCUT2D eigenvalue weighted by molar-refractivity contribution is 6.41. The third-order valence-corrected chi connectivity index (χ3v) is 3.82. The Labute approximate surface area is 155 Å². The number of carbonyl (C=O) groups is 4. The molecule has 0 aliphatic rings. The Balaban J connectivity index is 2.18. The first-order chi connectivity index (χ1) is 12.8. The van der Waals surface area contributed by atoms with E-state index in [0.29, 0.717) is 11.4 Å². The van der Waals surface area contributed by atoms with Crippen molar-refractivity contribution in [2.75, 3.05) is 7.05 Å². The normalized spacial score (nSPS) is 11.4. The van der Waals surface area contributed by atoms with Gasteiger partial charge in [0.05, 0.1) is 22.6 Å². The van der Waals surface area contributed by atoms with Crippen LogP contribution in [0.2, 0.25) is 0 Å². The number of aromatic nitrogens is 2. The molecule has 1 aromatic heterocycles. The van der Waals surface area contributed by atoms with E-state index in [1.165, 1.54) is 14.0 Å². The zero-order valence-corrected chi connectivity index (χ0v) is 15.4. The van der Waals surface area contributed by atoms with Crippen molar-refractivity contribution in [3.05, 3.63) is 47.3 Å². The molecule has 0 fully saturated rings. The predicted molar refractivity (Wildman–Crippen MR) is 95.5 cm³/mol. The summed E-state index contributed by atoms with van der Waals surface area (Å²) >= 11 is 0. The molecule has 9 heteroatoms. The fraction of sp³-hybridized carbons (Fsp3) is 0.278. The van der Waals surface area contributed by atoms with Gasteiger partial charge in [0, 0.05) is 7.05 Å². The van der Waals surface area contributed by atoms with E-state index in [1.807, 2.05) is 35.6 Å². The molecular formula is C18H20N4O5. The second kappa shape index (κ2) is 8.26. The summed E-state index contributed by atoms with van der Waals surface area (Å²) in [6, 6.07) is 8.39. The Kier molecular flexibility index (Phi) is 6.07. The zero-order valence-electron chi connectivity index (χ0n) is 15.4. The Morgan fingerprint density at radius 1 is 1.11 bits per heavy atom. The Morgan fingerprint density at radius 2 is 1.74 bits per heavy atom. The number of carbonyl (C=O) groups excluding carboxylic acids is 4. The number of nitrogens with zero attached hydrogens (tertiary/aromatic N) is 2. The number of imide groups is 1. The van der Waals surface area contributed by atoms with Gasteiger partial charge in [-0.25, -0.2) is 14.3 Å². The topological polar surface area (TPSA) is 119 Å². The fourth-order valence-electron chi connectivity index (χ4n) is 2.44. The van der Waals surface area contributed by atoms with Gasteiger partial charge in [-0.05, 0) is 32.9 Å². The van der Waals surface area contributed by atoms with Crippen LogP contribution in [0.4, 0.5) is 4.79 Å². The maximum atomic E-state index is 12.5. The summed E-state index contributed by atoms with van der Waals surface area (Å²) in [7, 11) is 1.33. The molecule has 0 aliphatic heterocycles. The highest BCUT2D eigenvalue weighted by Crippen LogP contribution is 2.19. The van der Waals surface area contributed by atoms with Crippen LogP contribution in [0.3, 0.4) is 0 Å². The Morgan fingerprint density at radius 3 is 2.33 bits per heavy atom. The number of para-hydroxylation sites is 1. The second-order valence-electron chi connectivity index (χ2n) is 5.74. The van der Waals surface area contributed by atoms with Crippen LogP contribution in [-0.2, 0) is 14.3 Å². The summed E-state index contributed by atoms with van der Waals surface area (Å²) in [5.74, 6) is -2.95. The molecule has 2 aromatic rings. The van der Waals surface area contributed by atoms with Crippen LogP contribution in [0, 0.1) is 13.8 Å². The predicted octanol–water partition coefficient (Wildman–Crippen LogP) is 1.06. The average molecular weight is 372 g/mol. The maximum Gasteiger partial charge on any atom is 0.380 e. The summed E-state index contributed by atoms with van der Waals surface area (Å²) in [6.07, 6.45) is -1.32. The smallest absolute Gasteiger partial charge is 0.380 e. The SMILES string of the molecule is CNC(=O)NC(=O)C(C)OC(=O)C(=O)c1c(C)nn(-c2ccccc2)c1C. The zero-order chi connectivity index (χ0) is 20.1. The van der Waals surface area contributed by atoms with Crippen molar-refractivity contribution in [3.63, 3.8) is 0 Å². The van der Waals surface area contributed by atoms with Crippen LogP contribution >= 0.6 is 0 Å². The van der Waals surface area contributed by atoms with Crippen molar-refractivity contribution in [3.8, 4) is 5.69 Å². The standard InChI is InChI=1S/C18H20N4O5/c1-10-14(11(2)22(21-10)13-8-6-5-7-9-13)15(23)17(25)27-12(3)16(24)20-18(26)19-4/h5-9,12H,1-4H3,(H2,19,20,24,26). The molecule has 27 heavy (non-hydrogen) atoms. The number of aryl methyl sites for hydroxylation is 1. The first-order valence-electron chi connectivity index (χ1n) is 8.15. The molecule has 0 spiro atoms. The largest absolute Gasteiger partial charge is 0.447 e. The molecule has 0 bridgehead atoms. The van der Waals surface area contributed by atoms with Crippen LogP contribution in [-0.4, -0.2) is 46.6 Å². The van der Waals surface area contributed by atoms with Gasteiger partial charge in [-0.1, -0.05) is 18.2 Å². The lowest BCUT2D eigenvalue weighted by Gasteiger charge is -2.12. The third-order valence-electron chi connectivity index (χ3n) is 3.82. The van der Waals surface area contributed by atoms with E-state index < -0.39 is 29.8 Å². The van der Waals surface area contributed by atoms with Crippen molar-refractivity contribution >= 4 is 23.7 Å². The van der Waals surface area contributed by atoms with E-state index in [-0.39, 0.29) is 5.56 Å². The number of rotatable bonds is 5. The molecule has 2 N–H and O–H groups in total. The number of ether oxygens (including phenoxy) is 1. The highest BCUT2D eigenvalue weighted by Gasteiger charge is 2.29. The molecule has 1 heterocycles. The van der Waals surface area contributed by atoms with E-state index in [0.717, 1.165) is 5.69 Å². The molecule has 9 nitrogen and oxygen atoms in total. The molecule has 0 aliphatic carbocycles. The van der Waals surface area contributed by atoms with E-state index in [1.54, 1.807) is 18.5 Å². The number of hydrogen-bond donors (Lipinski definition) is 2. The first-order valence-corrected chi connectivity index (χ1v) is 8.15. The minimum Gasteiger partial charge on any atom is -0.447 e. The minimum atomic E-state index is -1.32. The lowest BCUT2D eigenvalue weighted by atomic mass is 10.1. The van der Waals surface area contributed by atoms with Gasteiger partial charge in [-0.15, -0.1) is 0 Å². The van der Waals surface area contributed by atoms with Crippen molar-refractivity contribution in [1.82, 2.24) is 20.4 Å². The molecule has 2 rings (SSSR count). The first kappa shape index (κ1) is 19.8. The summed E-state index contributed by atoms with van der Waals surface area (Å²) in [6.45, 7) is 4.53. The number of Topliss-reactive ketones (excluding diaryl/α,β-unsaturated/α-hetero) is 1. The number of hydrogen-bond acceptors (Lipinski definition) is 6. The lowest BCUT2D eigenvalue weighted by molar-refractivity contribution is -0.149. The van der Waals surface area contributed by atoms with E-state index in [9.17, 15) is 19.2 Å². The van der Waals surface area contributed by atoms with Gasteiger partial charge in [-0.3, -0.25) is 14.9 Å². The van der Waals surface area contributed by atoms with Gasteiger partial charge in [0.15, 0.2) is 6.10 Å². The van der Waals surface area contributed by atoms with Crippen molar-refractivity contribution in [1.29, 1.82) is 0 Å². The van der Waals surface area contributed by atoms with Crippen LogP contribution in [0.1, 0.15) is 28.7 Å². The van der Waals surface area contributed by atoms with Gasteiger partial charge < -0.3 is 10.1 Å². The summed E-state index contributed by atoms with van der Waals surface area (Å²) in [5.41, 5.74) is 1.69. The van der Waals surface area contributed by atoms with Crippen LogP contribution < -0.4 is 10.6 Å². The van der Waals surface area contributed by atoms with E-state index in [2.05, 4.69) is 10.4 Å². The molecule has 142 valence electrons. The van der Waals surface area contributed by atoms with Gasteiger partial charge in [0.1, 0.15) is 0 Å². The fourth-order valence-corrected chi connectivity index (χ4v) is 2.44.